The topological polar surface area (TPSA) is 43.2 Å². The van der Waals surface area contributed by atoms with Crippen molar-refractivity contribution in [1.29, 1.82) is 0 Å². The molecule has 2 aromatic carbocycles. The molecule has 0 spiro atoms. The van der Waals surface area contributed by atoms with Crippen LogP contribution in [0.4, 0.5) is 0 Å². The van der Waals surface area contributed by atoms with Crippen LogP contribution in [-0.2, 0) is 9.68 Å². The van der Waals surface area contributed by atoms with E-state index in [0.717, 1.165) is 11.1 Å². The van der Waals surface area contributed by atoms with Crippen molar-refractivity contribution in [2.45, 2.75) is 13.8 Å². The monoisotopic (exact) mass is 296 g/mol. The highest BCUT2D eigenvalue weighted by Gasteiger charge is 1.90. The first-order valence-corrected chi connectivity index (χ1v) is 7.18. The number of rotatable bonds is 7. The van der Waals surface area contributed by atoms with Gasteiger partial charge in [0.15, 0.2) is 13.2 Å². The van der Waals surface area contributed by atoms with E-state index in [1.165, 1.54) is 11.1 Å². The third-order valence-electron chi connectivity index (χ3n) is 2.97. The summed E-state index contributed by atoms with van der Waals surface area (Å²) in [6.07, 6.45) is 3.35. The average molecular weight is 296 g/mol. The molecular formula is C18H20N2O2. The van der Waals surface area contributed by atoms with Crippen LogP contribution in [0.3, 0.4) is 0 Å². The molecule has 0 atom stereocenters. The zero-order valence-electron chi connectivity index (χ0n) is 12.9. The van der Waals surface area contributed by atoms with Crippen LogP contribution in [0, 0.1) is 13.8 Å². The molecule has 0 radical (unpaired) electrons. The number of aryl methyl sites for hydroxylation is 2. The predicted molar refractivity (Wildman–Crippen MR) is 89.5 cm³/mol. The second-order valence-corrected chi connectivity index (χ2v) is 4.96. The Morgan fingerprint density at radius 1 is 0.682 bits per heavy atom. The lowest BCUT2D eigenvalue weighted by molar-refractivity contribution is 0.0553. The number of hydrogen-bond donors (Lipinski definition) is 0. The summed E-state index contributed by atoms with van der Waals surface area (Å²) in [7, 11) is 0. The zero-order chi connectivity index (χ0) is 15.6. The third-order valence-corrected chi connectivity index (χ3v) is 2.97. The highest BCUT2D eigenvalue weighted by Crippen LogP contribution is 2.01. The van der Waals surface area contributed by atoms with Crippen LogP contribution in [0.2, 0.25) is 0 Å². The maximum atomic E-state index is 5.11. The summed E-state index contributed by atoms with van der Waals surface area (Å²) >= 11 is 0. The Hall–Kier alpha value is -2.62. The molecule has 0 unspecified atom stereocenters. The van der Waals surface area contributed by atoms with Crippen molar-refractivity contribution >= 4 is 12.4 Å². The molecule has 0 saturated carbocycles. The lowest BCUT2D eigenvalue weighted by Gasteiger charge is -1.99. The van der Waals surface area contributed by atoms with Gasteiger partial charge < -0.3 is 9.68 Å². The normalized spacial score (nSPS) is 11.2. The van der Waals surface area contributed by atoms with Crippen molar-refractivity contribution in [1.82, 2.24) is 0 Å². The van der Waals surface area contributed by atoms with Gasteiger partial charge in [-0.3, -0.25) is 0 Å². The van der Waals surface area contributed by atoms with E-state index in [-0.39, 0.29) is 0 Å². The Labute approximate surface area is 131 Å². The fraction of sp³-hybridized carbons (Fsp3) is 0.222. The minimum absolute atomic E-state index is 0.355. The quantitative estimate of drug-likeness (QED) is 0.444. The van der Waals surface area contributed by atoms with E-state index in [4.69, 9.17) is 9.68 Å². The van der Waals surface area contributed by atoms with Crippen molar-refractivity contribution in [3.63, 3.8) is 0 Å². The van der Waals surface area contributed by atoms with Gasteiger partial charge in [0.2, 0.25) is 0 Å². The van der Waals surface area contributed by atoms with Crippen molar-refractivity contribution in [2.24, 2.45) is 10.3 Å². The SMILES string of the molecule is Cc1ccc(/C=N/OCCO/N=C/c2ccc(C)cc2)cc1. The molecule has 2 aromatic rings. The lowest BCUT2D eigenvalue weighted by atomic mass is 10.2. The van der Waals surface area contributed by atoms with Gasteiger partial charge >= 0.3 is 0 Å². The van der Waals surface area contributed by atoms with E-state index in [2.05, 4.69) is 10.3 Å². The van der Waals surface area contributed by atoms with Crippen LogP contribution in [0.5, 0.6) is 0 Å². The van der Waals surface area contributed by atoms with Crippen molar-refractivity contribution in [2.75, 3.05) is 13.2 Å². The van der Waals surface area contributed by atoms with Gasteiger partial charge in [0.05, 0.1) is 12.4 Å². The molecule has 0 aliphatic heterocycles. The van der Waals surface area contributed by atoms with Gasteiger partial charge in [0.25, 0.3) is 0 Å². The minimum atomic E-state index is 0.355. The molecule has 0 aromatic heterocycles. The molecule has 0 aliphatic carbocycles. The smallest absolute Gasteiger partial charge is 0.153 e. The highest BCUT2D eigenvalue weighted by atomic mass is 16.7. The molecule has 0 saturated heterocycles. The molecule has 0 bridgehead atoms. The van der Waals surface area contributed by atoms with Gasteiger partial charge in [-0.25, -0.2) is 0 Å². The van der Waals surface area contributed by atoms with Crippen molar-refractivity contribution in [3.05, 3.63) is 70.8 Å². The molecule has 0 aliphatic rings. The van der Waals surface area contributed by atoms with Crippen LogP contribution in [0.15, 0.2) is 58.8 Å². The van der Waals surface area contributed by atoms with E-state index < -0.39 is 0 Å². The van der Waals surface area contributed by atoms with E-state index >= 15 is 0 Å². The molecule has 4 heteroatoms. The number of nitrogens with zero attached hydrogens (tertiary/aromatic N) is 2. The second-order valence-electron chi connectivity index (χ2n) is 4.96. The first kappa shape index (κ1) is 15.8. The molecule has 0 amide bonds. The molecule has 4 nitrogen and oxygen atoms in total. The van der Waals surface area contributed by atoms with Gasteiger partial charge in [0.1, 0.15) is 0 Å². The van der Waals surface area contributed by atoms with E-state index in [1.54, 1.807) is 12.4 Å². The molecule has 0 N–H and O–H groups in total. The number of hydrogen-bond acceptors (Lipinski definition) is 4. The van der Waals surface area contributed by atoms with Gasteiger partial charge in [-0.15, -0.1) is 0 Å². The second kappa shape index (κ2) is 8.62. The summed E-state index contributed by atoms with van der Waals surface area (Å²) in [5.41, 5.74) is 4.45. The Morgan fingerprint density at radius 3 is 1.41 bits per heavy atom. The van der Waals surface area contributed by atoms with E-state index in [1.807, 2.05) is 62.4 Å². The lowest BCUT2D eigenvalue weighted by Crippen LogP contribution is -1.98. The average Bonchev–Trinajstić information content (AvgIpc) is 2.53. The number of oxime groups is 2. The molecular weight excluding hydrogens is 276 g/mol. The van der Waals surface area contributed by atoms with Crippen molar-refractivity contribution < 1.29 is 9.68 Å². The van der Waals surface area contributed by atoms with E-state index in [9.17, 15) is 0 Å². The summed E-state index contributed by atoms with van der Waals surface area (Å²) < 4.78 is 0. The summed E-state index contributed by atoms with van der Waals surface area (Å²) in [4.78, 5) is 10.2. The van der Waals surface area contributed by atoms with Gasteiger partial charge in [-0.2, -0.15) is 0 Å². The Balaban J connectivity index is 1.61. The van der Waals surface area contributed by atoms with Crippen LogP contribution in [-0.4, -0.2) is 25.6 Å². The summed E-state index contributed by atoms with van der Waals surface area (Å²) in [6.45, 7) is 4.80. The van der Waals surface area contributed by atoms with Crippen LogP contribution in [0.1, 0.15) is 22.3 Å². The summed E-state index contributed by atoms with van der Waals surface area (Å²) in [5.74, 6) is 0. The summed E-state index contributed by atoms with van der Waals surface area (Å²) in [6, 6.07) is 16.1. The Morgan fingerprint density at radius 2 is 1.05 bits per heavy atom. The number of benzene rings is 2. The predicted octanol–water partition coefficient (Wildman–Crippen LogP) is 3.70. The van der Waals surface area contributed by atoms with Gasteiger partial charge in [-0.1, -0.05) is 70.0 Å². The zero-order valence-corrected chi connectivity index (χ0v) is 12.9. The Bertz CT molecular complexity index is 559. The van der Waals surface area contributed by atoms with Crippen LogP contribution in [0.25, 0.3) is 0 Å². The fourth-order valence-electron chi connectivity index (χ4n) is 1.68. The molecule has 114 valence electrons. The maximum Gasteiger partial charge on any atom is 0.153 e. The van der Waals surface area contributed by atoms with E-state index in [0.29, 0.717) is 13.2 Å². The fourth-order valence-corrected chi connectivity index (χ4v) is 1.68. The first-order chi connectivity index (χ1) is 10.7. The highest BCUT2D eigenvalue weighted by molar-refractivity contribution is 5.79. The Kier molecular flexibility index (Phi) is 6.18. The molecule has 0 fully saturated rings. The van der Waals surface area contributed by atoms with Crippen LogP contribution < -0.4 is 0 Å². The van der Waals surface area contributed by atoms with Gasteiger partial charge in [0, 0.05) is 0 Å². The van der Waals surface area contributed by atoms with Gasteiger partial charge in [-0.05, 0) is 25.0 Å². The van der Waals surface area contributed by atoms with Crippen LogP contribution >= 0.6 is 0 Å². The molecule has 0 heterocycles. The minimum Gasteiger partial charge on any atom is -0.392 e. The standard InChI is InChI=1S/C18H20N2O2/c1-15-3-7-17(8-4-15)13-19-21-11-12-22-20-14-18-9-5-16(2)6-10-18/h3-10,13-14H,11-12H2,1-2H3/b19-13+,20-14+. The molecule has 2 rings (SSSR count). The first-order valence-electron chi connectivity index (χ1n) is 7.18. The maximum absolute atomic E-state index is 5.11. The third kappa shape index (κ3) is 5.79. The molecule has 22 heavy (non-hydrogen) atoms. The largest absolute Gasteiger partial charge is 0.392 e. The summed E-state index contributed by atoms with van der Waals surface area (Å²) in [5, 5.41) is 7.76. The van der Waals surface area contributed by atoms with Crippen molar-refractivity contribution in [3.8, 4) is 0 Å².